The quantitative estimate of drug-likeness (QED) is 0.567. The number of hydrogen-bond acceptors (Lipinski definition) is 3. The summed E-state index contributed by atoms with van der Waals surface area (Å²) < 4.78 is 0. The van der Waals surface area contributed by atoms with Crippen LogP contribution >= 0.6 is 0 Å². The molecule has 1 atom stereocenters. The SMILES string of the molecule is CCCCC(NC(=O)CC)(NC(=O)CCc1ccccc1)C(N)=O. The molecule has 0 aliphatic carbocycles. The summed E-state index contributed by atoms with van der Waals surface area (Å²) in [6.07, 6.45) is 2.73. The van der Waals surface area contributed by atoms with Crippen molar-refractivity contribution in [2.75, 3.05) is 0 Å². The summed E-state index contributed by atoms with van der Waals surface area (Å²) in [5, 5.41) is 5.25. The molecule has 132 valence electrons. The number of benzene rings is 1. The Morgan fingerprint density at radius 3 is 2.21 bits per heavy atom. The third kappa shape index (κ3) is 6.02. The molecule has 1 rings (SSSR count). The van der Waals surface area contributed by atoms with E-state index in [1.54, 1.807) is 6.92 Å². The number of nitrogens with one attached hydrogen (secondary N) is 2. The molecule has 0 spiro atoms. The van der Waals surface area contributed by atoms with Gasteiger partial charge in [-0.05, 0) is 24.8 Å². The molecule has 24 heavy (non-hydrogen) atoms. The van der Waals surface area contributed by atoms with Gasteiger partial charge in [-0.15, -0.1) is 0 Å². The van der Waals surface area contributed by atoms with Crippen LogP contribution in [-0.4, -0.2) is 23.4 Å². The lowest BCUT2D eigenvalue weighted by molar-refractivity contribution is -0.137. The second-order valence-corrected chi connectivity index (χ2v) is 5.81. The van der Waals surface area contributed by atoms with E-state index in [4.69, 9.17) is 5.73 Å². The molecule has 0 aliphatic heterocycles. The van der Waals surface area contributed by atoms with Gasteiger partial charge in [-0.1, -0.05) is 50.6 Å². The number of nitrogens with two attached hydrogens (primary N) is 1. The largest absolute Gasteiger partial charge is 0.366 e. The third-order valence-corrected chi connectivity index (χ3v) is 3.84. The second kappa shape index (κ2) is 9.70. The topological polar surface area (TPSA) is 101 Å². The summed E-state index contributed by atoms with van der Waals surface area (Å²) in [4.78, 5) is 36.1. The van der Waals surface area contributed by atoms with Crippen LogP contribution < -0.4 is 16.4 Å². The number of primary amides is 1. The van der Waals surface area contributed by atoms with Crippen molar-refractivity contribution in [1.29, 1.82) is 0 Å². The predicted molar refractivity (Wildman–Crippen MR) is 92.8 cm³/mol. The van der Waals surface area contributed by atoms with Crippen LogP contribution in [0.5, 0.6) is 0 Å². The van der Waals surface area contributed by atoms with Gasteiger partial charge in [0.05, 0.1) is 0 Å². The molecule has 0 aromatic heterocycles. The zero-order valence-electron chi connectivity index (χ0n) is 14.4. The molecule has 1 aromatic carbocycles. The van der Waals surface area contributed by atoms with E-state index in [1.807, 2.05) is 37.3 Å². The molecule has 0 heterocycles. The van der Waals surface area contributed by atoms with Crippen LogP contribution in [0.25, 0.3) is 0 Å². The Kier molecular flexibility index (Phi) is 7.95. The maximum atomic E-state index is 12.3. The third-order valence-electron chi connectivity index (χ3n) is 3.84. The summed E-state index contributed by atoms with van der Waals surface area (Å²) in [5.74, 6) is -1.38. The Labute approximate surface area is 143 Å². The van der Waals surface area contributed by atoms with E-state index in [0.29, 0.717) is 12.8 Å². The number of amides is 3. The Balaban J connectivity index is 2.79. The first-order valence-corrected chi connectivity index (χ1v) is 8.39. The molecule has 0 saturated heterocycles. The van der Waals surface area contributed by atoms with E-state index in [-0.39, 0.29) is 31.1 Å². The molecular formula is C18H27N3O3. The minimum Gasteiger partial charge on any atom is -0.366 e. The highest BCUT2D eigenvalue weighted by atomic mass is 16.2. The van der Waals surface area contributed by atoms with E-state index >= 15 is 0 Å². The molecule has 1 aromatic rings. The van der Waals surface area contributed by atoms with E-state index in [1.165, 1.54) is 0 Å². The van der Waals surface area contributed by atoms with Crippen LogP contribution in [0.15, 0.2) is 30.3 Å². The molecule has 0 fully saturated rings. The first-order valence-electron chi connectivity index (χ1n) is 8.39. The zero-order chi connectivity index (χ0) is 18.0. The van der Waals surface area contributed by atoms with Crippen LogP contribution in [0.2, 0.25) is 0 Å². The number of carbonyl (C=O) groups is 3. The lowest BCUT2D eigenvalue weighted by Gasteiger charge is -2.32. The number of rotatable bonds is 10. The van der Waals surface area contributed by atoms with Gasteiger partial charge in [-0.3, -0.25) is 14.4 Å². The summed E-state index contributed by atoms with van der Waals surface area (Å²) in [6.45, 7) is 3.64. The van der Waals surface area contributed by atoms with Gasteiger partial charge in [0.15, 0.2) is 5.66 Å². The van der Waals surface area contributed by atoms with Crippen molar-refractivity contribution in [3.63, 3.8) is 0 Å². The van der Waals surface area contributed by atoms with Gasteiger partial charge < -0.3 is 16.4 Å². The van der Waals surface area contributed by atoms with Gasteiger partial charge >= 0.3 is 0 Å². The van der Waals surface area contributed by atoms with E-state index in [0.717, 1.165) is 12.0 Å². The molecule has 6 nitrogen and oxygen atoms in total. The second-order valence-electron chi connectivity index (χ2n) is 5.81. The standard InChI is InChI=1S/C18H27N3O3/c1-3-5-13-18(17(19)24,20-15(22)4-2)21-16(23)12-11-14-9-7-6-8-10-14/h6-10H,3-5,11-13H2,1-2H3,(H2,19,24)(H,20,22)(H,21,23). The first kappa shape index (κ1) is 19.7. The highest BCUT2D eigenvalue weighted by Gasteiger charge is 2.38. The van der Waals surface area contributed by atoms with Gasteiger partial charge in [-0.25, -0.2) is 0 Å². The fourth-order valence-electron chi connectivity index (χ4n) is 2.37. The van der Waals surface area contributed by atoms with Crippen molar-refractivity contribution in [2.24, 2.45) is 5.73 Å². The average Bonchev–Trinajstić information content (AvgIpc) is 2.58. The molecule has 0 bridgehead atoms. The van der Waals surface area contributed by atoms with Crippen molar-refractivity contribution in [3.8, 4) is 0 Å². The molecular weight excluding hydrogens is 306 g/mol. The zero-order valence-corrected chi connectivity index (χ0v) is 14.4. The summed E-state index contributed by atoms with van der Waals surface area (Å²) in [6, 6.07) is 9.59. The molecule has 6 heteroatoms. The highest BCUT2D eigenvalue weighted by molar-refractivity contribution is 5.93. The Morgan fingerprint density at radius 2 is 1.67 bits per heavy atom. The van der Waals surface area contributed by atoms with Crippen molar-refractivity contribution < 1.29 is 14.4 Å². The van der Waals surface area contributed by atoms with Crippen LogP contribution in [0.3, 0.4) is 0 Å². The minimum atomic E-state index is -1.52. The van der Waals surface area contributed by atoms with Crippen LogP contribution in [0.1, 0.15) is 51.5 Å². The van der Waals surface area contributed by atoms with E-state index < -0.39 is 11.6 Å². The van der Waals surface area contributed by atoms with Gasteiger partial charge in [0.1, 0.15) is 0 Å². The number of carbonyl (C=O) groups excluding carboxylic acids is 3. The van der Waals surface area contributed by atoms with Crippen molar-refractivity contribution in [1.82, 2.24) is 10.6 Å². The van der Waals surface area contributed by atoms with Gasteiger partial charge in [0.2, 0.25) is 11.8 Å². The van der Waals surface area contributed by atoms with Crippen molar-refractivity contribution in [2.45, 2.75) is 58.0 Å². The van der Waals surface area contributed by atoms with Gasteiger partial charge in [0.25, 0.3) is 5.91 Å². The molecule has 0 radical (unpaired) electrons. The number of aryl methyl sites for hydroxylation is 1. The number of hydrogen-bond donors (Lipinski definition) is 3. The summed E-state index contributed by atoms with van der Waals surface area (Å²) in [5.41, 5.74) is 5.02. The molecule has 1 unspecified atom stereocenters. The predicted octanol–water partition coefficient (Wildman–Crippen LogP) is 1.63. The summed E-state index contributed by atoms with van der Waals surface area (Å²) in [7, 11) is 0. The number of unbranched alkanes of at least 4 members (excludes halogenated alkanes) is 1. The van der Waals surface area contributed by atoms with Gasteiger partial charge in [0, 0.05) is 12.8 Å². The Bertz CT molecular complexity index is 560. The normalized spacial score (nSPS) is 12.9. The van der Waals surface area contributed by atoms with Gasteiger partial charge in [-0.2, -0.15) is 0 Å². The maximum absolute atomic E-state index is 12.3. The Hall–Kier alpha value is -2.37. The first-order chi connectivity index (χ1) is 11.4. The molecule has 0 saturated carbocycles. The lowest BCUT2D eigenvalue weighted by atomic mass is 10.00. The van der Waals surface area contributed by atoms with Crippen LogP contribution in [0, 0.1) is 0 Å². The van der Waals surface area contributed by atoms with Crippen molar-refractivity contribution in [3.05, 3.63) is 35.9 Å². The fraction of sp³-hybridized carbons (Fsp3) is 0.500. The molecule has 0 aliphatic rings. The van der Waals surface area contributed by atoms with E-state index in [2.05, 4.69) is 10.6 Å². The van der Waals surface area contributed by atoms with E-state index in [9.17, 15) is 14.4 Å². The fourth-order valence-corrected chi connectivity index (χ4v) is 2.37. The van der Waals surface area contributed by atoms with Crippen molar-refractivity contribution >= 4 is 17.7 Å². The smallest absolute Gasteiger partial charge is 0.264 e. The maximum Gasteiger partial charge on any atom is 0.264 e. The monoisotopic (exact) mass is 333 g/mol. The van der Waals surface area contributed by atoms with Crippen LogP contribution in [-0.2, 0) is 20.8 Å². The Morgan fingerprint density at radius 1 is 1.04 bits per heavy atom. The lowest BCUT2D eigenvalue weighted by Crippen LogP contribution is -2.67. The molecule has 3 amide bonds. The minimum absolute atomic E-state index is 0.209. The van der Waals surface area contributed by atoms with Crippen LogP contribution in [0.4, 0.5) is 0 Å². The molecule has 4 N–H and O–H groups in total. The highest BCUT2D eigenvalue weighted by Crippen LogP contribution is 2.13. The summed E-state index contributed by atoms with van der Waals surface area (Å²) >= 11 is 0. The average molecular weight is 333 g/mol.